The van der Waals surface area contributed by atoms with Crippen LogP contribution in [-0.2, 0) is 4.79 Å². The molecule has 2 aliphatic rings. The third-order valence-corrected chi connectivity index (χ3v) is 3.88. The lowest BCUT2D eigenvalue weighted by atomic mass is 10.1. The maximum Gasteiger partial charge on any atom is 0.248 e. The minimum absolute atomic E-state index is 0.246. The van der Waals surface area contributed by atoms with E-state index < -0.39 is 5.91 Å². The molecule has 3 heterocycles. The van der Waals surface area contributed by atoms with Gasteiger partial charge in [0.1, 0.15) is 6.17 Å². The van der Waals surface area contributed by atoms with Crippen LogP contribution >= 0.6 is 0 Å². The number of amides is 1. The smallest absolute Gasteiger partial charge is 0.248 e. The number of hydrogen-bond donors (Lipinski definition) is 2. The van der Waals surface area contributed by atoms with Crippen molar-refractivity contribution in [2.45, 2.75) is 6.17 Å². The number of carbonyl (C=O) groups excluding carboxylic acids is 1. The summed E-state index contributed by atoms with van der Waals surface area (Å²) in [7, 11) is 0. The van der Waals surface area contributed by atoms with Crippen LogP contribution in [0.25, 0.3) is 16.6 Å². The molecule has 2 aliphatic heterocycles. The van der Waals surface area contributed by atoms with Gasteiger partial charge in [-0.3, -0.25) is 9.78 Å². The van der Waals surface area contributed by atoms with E-state index in [0.29, 0.717) is 5.57 Å². The van der Waals surface area contributed by atoms with Crippen LogP contribution in [0.5, 0.6) is 0 Å². The van der Waals surface area contributed by atoms with E-state index >= 15 is 0 Å². The number of allylic oxidation sites excluding steroid dienone is 2. The number of carbonyl (C=O) groups is 1. The van der Waals surface area contributed by atoms with Crippen molar-refractivity contribution < 1.29 is 4.79 Å². The first-order chi connectivity index (χ1) is 10.7. The average Bonchev–Trinajstić information content (AvgIpc) is 2.98. The molecule has 0 saturated heterocycles. The van der Waals surface area contributed by atoms with Crippen LogP contribution in [0, 0.1) is 0 Å². The Morgan fingerprint density at radius 3 is 3.05 bits per heavy atom. The van der Waals surface area contributed by atoms with E-state index in [-0.39, 0.29) is 6.17 Å². The lowest BCUT2D eigenvalue weighted by Crippen LogP contribution is -2.40. The number of fused-ring (bicyclic) bond motifs is 2. The summed E-state index contributed by atoms with van der Waals surface area (Å²) in [5.74, 6) is -0.418. The van der Waals surface area contributed by atoms with E-state index in [9.17, 15) is 4.79 Å². The van der Waals surface area contributed by atoms with Crippen LogP contribution in [0.2, 0.25) is 0 Å². The quantitative estimate of drug-likeness (QED) is 0.883. The Hall–Kier alpha value is -3.08. The number of nitrogens with two attached hydrogens (primary N) is 1. The van der Waals surface area contributed by atoms with E-state index in [1.165, 1.54) is 0 Å². The number of benzene rings is 1. The Morgan fingerprint density at radius 2 is 2.18 bits per heavy atom. The number of hydrogen-bond acceptors (Lipinski definition) is 4. The summed E-state index contributed by atoms with van der Waals surface area (Å²) in [5, 5.41) is 4.41. The molecule has 0 aliphatic carbocycles. The summed E-state index contributed by atoms with van der Waals surface area (Å²) < 4.78 is 0. The van der Waals surface area contributed by atoms with Gasteiger partial charge < -0.3 is 16.0 Å². The fourth-order valence-corrected chi connectivity index (χ4v) is 2.78. The number of rotatable bonds is 2. The highest BCUT2D eigenvalue weighted by molar-refractivity contribution is 5.94. The van der Waals surface area contributed by atoms with Crippen LogP contribution in [-0.4, -0.2) is 22.0 Å². The molecule has 3 N–H and O–H groups in total. The van der Waals surface area contributed by atoms with Gasteiger partial charge in [-0.15, -0.1) is 0 Å². The van der Waals surface area contributed by atoms with Gasteiger partial charge in [0, 0.05) is 29.5 Å². The van der Waals surface area contributed by atoms with Crippen LogP contribution in [0.3, 0.4) is 0 Å². The molecule has 1 aromatic carbocycles. The third-order valence-electron chi connectivity index (χ3n) is 3.88. The van der Waals surface area contributed by atoms with Crippen LogP contribution in [0.4, 0.5) is 0 Å². The molecule has 22 heavy (non-hydrogen) atoms. The Bertz CT molecular complexity index is 866. The molecule has 1 amide bonds. The van der Waals surface area contributed by atoms with Crippen LogP contribution < -0.4 is 11.1 Å². The van der Waals surface area contributed by atoms with Gasteiger partial charge in [-0.1, -0.05) is 18.2 Å². The molecule has 1 atom stereocenters. The van der Waals surface area contributed by atoms with E-state index in [1.807, 2.05) is 53.8 Å². The first kappa shape index (κ1) is 12.6. The lowest BCUT2D eigenvalue weighted by Gasteiger charge is -2.25. The second-order valence-corrected chi connectivity index (χ2v) is 5.28. The molecule has 0 spiro atoms. The third kappa shape index (κ3) is 1.95. The molecule has 108 valence electrons. The zero-order valence-electron chi connectivity index (χ0n) is 11.7. The Balaban J connectivity index is 1.70. The average molecular weight is 290 g/mol. The summed E-state index contributed by atoms with van der Waals surface area (Å²) in [5.41, 5.74) is 8.84. The highest BCUT2D eigenvalue weighted by Gasteiger charge is 2.30. The van der Waals surface area contributed by atoms with Crippen molar-refractivity contribution >= 4 is 22.5 Å². The summed E-state index contributed by atoms with van der Waals surface area (Å²) in [6.07, 6.45) is 9.01. The molecule has 5 nitrogen and oxygen atoms in total. The summed E-state index contributed by atoms with van der Waals surface area (Å²) in [4.78, 5) is 17.9. The van der Waals surface area contributed by atoms with E-state index in [4.69, 9.17) is 5.73 Å². The molecule has 4 rings (SSSR count). The number of para-hydroxylation sites is 1. The van der Waals surface area contributed by atoms with Crippen LogP contribution in [0.15, 0.2) is 66.7 Å². The van der Waals surface area contributed by atoms with Crippen molar-refractivity contribution in [1.29, 1.82) is 0 Å². The SMILES string of the molecule is NC(=O)C1=CC=CN2C=C(c3cnc4ccccc4c3)NC12. The lowest BCUT2D eigenvalue weighted by molar-refractivity contribution is -0.115. The topological polar surface area (TPSA) is 71.2 Å². The van der Waals surface area contributed by atoms with E-state index in [1.54, 1.807) is 6.08 Å². The van der Waals surface area contributed by atoms with Crippen molar-refractivity contribution in [2.24, 2.45) is 5.73 Å². The van der Waals surface area contributed by atoms with Gasteiger partial charge in [0.15, 0.2) is 0 Å². The van der Waals surface area contributed by atoms with Crippen molar-refractivity contribution in [3.05, 3.63) is 72.2 Å². The standard InChI is InChI=1S/C17H14N4O/c18-16(22)13-5-3-7-21-10-15(20-17(13)21)12-8-11-4-1-2-6-14(11)19-9-12/h1-10,17,20H,(H2,18,22). The van der Waals surface area contributed by atoms with Crippen molar-refractivity contribution in [2.75, 3.05) is 0 Å². The van der Waals surface area contributed by atoms with Crippen molar-refractivity contribution in [1.82, 2.24) is 15.2 Å². The van der Waals surface area contributed by atoms with Gasteiger partial charge in [-0.25, -0.2) is 0 Å². The normalized spacial score (nSPS) is 19.5. The molecule has 1 unspecified atom stereocenters. The maximum absolute atomic E-state index is 11.5. The number of nitrogens with zero attached hydrogens (tertiary/aromatic N) is 2. The number of pyridine rings is 1. The first-order valence-corrected chi connectivity index (χ1v) is 7.01. The Morgan fingerprint density at radius 1 is 1.32 bits per heavy atom. The van der Waals surface area contributed by atoms with Crippen LogP contribution in [0.1, 0.15) is 5.56 Å². The molecular weight excluding hydrogens is 276 g/mol. The van der Waals surface area contributed by atoms with Gasteiger partial charge in [-0.2, -0.15) is 0 Å². The van der Waals surface area contributed by atoms with Gasteiger partial charge in [0.2, 0.25) is 5.91 Å². The first-order valence-electron chi connectivity index (χ1n) is 7.01. The molecule has 2 aromatic rings. The van der Waals surface area contributed by atoms with E-state index in [2.05, 4.69) is 16.4 Å². The minimum Gasteiger partial charge on any atom is -0.366 e. The highest BCUT2D eigenvalue weighted by atomic mass is 16.1. The van der Waals surface area contributed by atoms with Gasteiger partial charge >= 0.3 is 0 Å². The predicted molar refractivity (Wildman–Crippen MR) is 84.9 cm³/mol. The predicted octanol–water partition coefficient (Wildman–Crippen LogP) is 1.70. The Labute approximate surface area is 127 Å². The molecule has 1 aromatic heterocycles. The van der Waals surface area contributed by atoms with Gasteiger partial charge in [-0.05, 0) is 24.3 Å². The molecule has 0 saturated carbocycles. The van der Waals surface area contributed by atoms with Gasteiger partial charge in [0.05, 0.1) is 16.8 Å². The minimum atomic E-state index is -0.418. The molecular formula is C17H14N4O. The monoisotopic (exact) mass is 290 g/mol. The van der Waals surface area contributed by atoms with Gasteiger partial charge in [0.25, 0.3) is 0 Å². The molecule has 0 radical (unpaired) electrons. The number of nitrogens with one attached hydrogen (secondary N) is 1. The highest BCUT2D eigenvalue weighted by Crippen LogP contribution is 2.27. The van der Waals surface area contributed by atoms with Crippen molar-refractivity contribution in [3.63, 3.8) is 0 Å². The summed E-state index contributed by atoms with van der Waals surface area (Å²) in [6.45, 7) is 0. The second kappa shape index (κ2) is 4.73. The second-order valence-electron chi connectivity index (χ2n) is 5.28. The zero-order chi connectivity index (χ0) is 15.1. The molecule has 0 bridgehead atoms. The zero-order valence-corrected chi connectivity index (χ0v) is 11.7. The Kier molecular flexibility index (Phi) is 2.72. The van der Waals surface area contributed by atoms with Crippen molar-refractivity contribution in [3.8, 4) is 0 Å². The number of primary amides is 1. The largest absolute Gasteiger partial charge is 0.366 e. The van der Waals surface area contributed by atoms with E-state index in [0.717, 1.165) is 22.2 Å². The fourth-order valence-electron chi connectivity index (χ4n) is 2.78. The fraction of sp³-hybridized carbons (Fsp3) is 0.0588. The molecule has 5 heteroatoms. The summed E-state index contributed by atoms with van der Waals surface area (Å²) in [6, 6.07) is 10.1. The summed E-state index contributed by atoms with van der Waals surface area (Å²) >= 11 is 0. The molecule has 0 fully saturated rings. The maximum atomic E-state index is 11.5. The number of aromatic nitrogens is 1.